The van der Waals surface area contributed by atoms with Crippen molar-refractivity contribution in [2.24, 2.45) is 58.7 Å². The maximum atomic E-state index is 15.9. The predicted octanol–water partition coefficient (Wildman–Crippen LogP) is 7.17. The topological polar surface area (TPSA) is 279 Å². The van der Waals surface area contributed by atoms with Crippen LogP contribution in [0.4, 0.5) is 0 Å². The van der Waals surface area contributed by atoms with Crippen LogP contribution in [0, 0.1) is 58.7 Å². The lowest BCUT2D eigenvalue weighted by Gasteiger charge is -2.54. The van der Waals surface area contributed by atoms with Gasteiger partial charge in [0.25, 0.3) is 0 Å². The van der Waals surface area contributed by atoms with E-state index in [2.05, 4.69) is 36.7 Å². The molecule has 12 atom stereocenters. The number of hydrogen-bond acceptors (Lipinski definition) is 13. The zero-order valence-electron chi connectivity index (χ0n) is 67.9. The molecule has 6 aliphatic carbocycles. The number of nitrogens with zero attached hydrogens (tertiary/aromatic N) is 9. The first-order valence-corrected chi connectivity index (χ1v) is 41.3. The number of carbonyl (C=O) groups excluding carboxylic acids is 12. The second-order valence-electron chi connectivity index (χ2n) is 35.6. The maximum Gasteiger partial charge on any atom is 0.248 e. The van der Waals surface area contributed by atoms with Crippen LogP contribution in [0.25, 0.3) is 0 Å². The Labute approximate surface area is 638 Å². The lowest BCUT2D eigenvalue weighted by molar-refractivity contribution is -0.161. The summed E-state index contributed by atoms with van der Waals surface area (Å²) in [5, 5.41) is 9.34. The van der Waals surface area contributed by atoms with E-state index >= 15 is 52.7 Å². The number of likely N-dealkylation sites (N-methyl/N-ethyl adjacent to an activating group) is 6. The van der Waals surface area contributed by atoms with Crippen LogP contribution < -0.4 is 16.0 Å². The van der Waals surface area contributed by atoms with Crippen LogP contribution in [0.1, 0.15) is 229 Å². The van der Waals surface area contributed by atoms with Crippen molar-refractivity contribution in [2.45, 2.75) is 295 Å². The molecule has 25 nitrogen and oxygen atoms in total. The summed E-state index contributed by atoms with van der Waals surface area (Å²) in [6.45, 7) is 17.9. The van der Waals surface area contributed by atoms with Crippen LogP contribution in [-0.4, -0.2) is 263 Å². The van der Waals surface area contributed by atoms with E-state index < -0.39 is 162 Å². The number of nitrogens with one attached hydrogen (secondary N) is 3. The van der Waals surface area contributed by atoms with Crippen molar-refractivity contribution < 1.29 is 62.3 Å². The molecule has 3 N–H and O–H groups in total. The van der Waals surface area contributed by atoms with Crippen LogP contribution in [0.15, 0.2) is 12.2 Å². The molecule has 25 heteroatoms. The SMILES string of the molecule is CCC[C@H]1C(=O)N[C@@H]([C@@H](C)CC)C(=O)N(C2CC2)CC(=O)N(C)[C@H]2C/C=C\CCN(C2=O)[C@@H](CC2CCC(C)CC2)C(=O)N(C)CC(=O)N[C@@H](CCC2CC(C)C(C3CC3)C(C)C2)C(=O)N2C[C@H](OCC)C[C@H]2C(=O)NC2(CC(C)(C)C2)C(=O)N(C)[C@@H](C2CCCC2)C(=O)N(C)[C@H](C(=O)N(C)C)CC(=O)N1C. The van der Waals surface area contributed by atoms with Gasteiger partial charge in [0.1, 0.15) is 60.4 Å². The first kappa shape index (κ1) is 84.4. The fourth-order valence-electron chi connectivity index (χ4n) is 20.0. The molecule has 9 rings (SSSR count). The summed E-state index contributed by atoms with van der Waals surface area (Å²) < 4.78 is 6.25. The van der Waals surface area contributed by atoms with Crippen molar-refractivity contribution in [1.82, 2.24) is 60.0 Å². The minimum Gasteiger partial charge on any atom is -0.377 e. The molecule has 0 radical (unpaired) electrons. The third-order valence-corrected chi connectivity index (χ3v) is 26.4. The van der Waals surface area contributed by atoms with Gasteiger partial charge in [-0.25, -0.2) is 0 Å². The van der Waals surface area contributed by atoms with E-state index in [4.69, 9.17) is 4.74 Å². The molecule has 6 saturated carbocycles. The fourth-order valence-corrected chi connectivity index (χ4v) is 20.0. The van der Waals surface area contributed by atoms with E-state index in [-0.39, 0.29) is 82.0 Å². The third kappa shape index (κ3) is 20.1. The summed E-state index contributed by atoms with van der Waals surface area (Å²) in [4.78, 5) is 197. The van der Waals surface area contributed by atoms with Gasteiger partial charge in [-0.05, 0) is 168 Å². The highest BCUT2D eigenvalue weighted by Gasteiger charge is 2.60. The first-order valence-electron chi connectivity index (χ1n) is 41.3. The molecule has 12 amide bonds. The molecule has 0 aromatic heterocycles. The molecular formula is C82H134N12O13. The van der Waals surface area contributed by atoms with Crippen LogP contribution in [-0.2, 0) is 62.3 Å². The van der Waals surface area contributed by atoms with Crippen molar-refractivity contribution in [2.75, 3.05) is 82.1 Å². The highest BCUT2D eigenvalue weighted by atomic mass is 16.5. The largest absolute Gasteiger partial charge is 0.377 e. The molecule has 600 valence electrons. The lowest BCUT2D eigenvalue weighted by Crippen LogP contribution is -2.71. The highest BCUT2D eigenvalue weighted by molar-refractivity contribution is 6.01. The van der Waals surface area contributed by atoms with Gasteiger partial charge >= 0.3 is 0 Å². The van der Waals surface area contributed by atoms with E-state index in [1.807, 2.05) is 53.7 Å². The molecule has 8 fully saturated rings. The number of rotatable bonds is 15. The van der Waals surface area contributed by atoms with E-state index in [1.165, 1.54) is 80.2 Å². The fraction of sp³-hybridized carbons (Fsp3) is 0.829. The zero-order valence-corrected chi connectivity index (χ0v) is 67.9. The van der Waals surface area contributed by atoms with E-state index in [9.17, 15) is 4.79 Å². The normalized spacial score (nSPS) is 33.7. The highest BCUT2D eigenvalue weighted by Crippen LogP contribution is 2.52. The first-order chi connectivity index (χ1) is 50.6. The van der Waals surface area contributed by atoms with Gasteiger partial charge in [0, 0.05) is 81.5 Å². The minimum atomic E-state index is -1.55. The Morgan fingerprint density at radius 3 is 1.87 bits per heavy atom. The second-order valence-corrected chi connectivity index (χ2v) is 35.6. The summed E-state index contributed by atoms with van der Waals surface area (Å²) in [5.74, 6) is -4.19. The summed E-state index contributed by atoms with van der Waals surface area (Å²) in [6, 6.07) is -9.58. The van der Waals surface area contributed by atoms with Crippen LogP contribution >= 0.6 is 0 Å². The number of fused-ring (bicyclic) bond motifs is 3. The third-order valence-electron chi connectivity index (χ3n) is 26.4. The summed E-state index contributed by atoms with van der Waals surface area (Å²) in [5.41, 5.74) is -2.00. The van der Waals surface area contributed by atoms with Crippen molar-refractivity contribution in [3.05, 3.63) is 12.2 Å². The Hall–Kier alpha value is -6.66. The summed E-state index contributed by atoms with van der Waals surface area (Å²) >= 11 is 0. The number of ether oxygens (including phenoxy) is 1. The molecule has 0 aromatic carbocycles. The summed E-state index contributed by atoms with van der Waals surface area (Å²) in [6.07, 6.45) is 17.9. The molecule has 2 saturated heterocycles. The molecular weight excluding hydrogens is 1360 g/mol. The number of amides is 12. The van der Waals surface area contributed by atoms with Gasteiger partial charge in [-0.1, -0.05) is 119 Å². The molecule has 2 bridgehead atoms. The Kier molecular flexibility index (Phi) is 28.7. The van der Waals surface area contributed by atoms with Crippen LogP contribution in [0.2, 0.25) is 0 Å². The molecule has 0 aromatic rings. The Morgan fingerprint density at radius 1 is 0.626 bits per heavy atom. The zero-order chi connectivity index (χ0) is 78.3. The Bertz CT molecular complexity index is 3210. The number of carbonyl (C=O) groups is 12. The molecule has 9 aliphatic rings. The second kappa shape index (κ2) is 36.5. The predicted molar refractivity (Wildman–Crippen MR) is 408 cm³/mol. The van der Waals surface area contributed by atoms with E-state index in [0.29, 0.717) is 81.5 Å². The Morgan fingerprint density at radius 2 is 1.28 bits per heavy atom. The van der Waals surface area contributed by atoms with Crippen molar-refractivity contribution in [3.63, 3.8) is 0 Å². The average molecular weight is 1500 g/mol. The van der Waals surface area contributed by atoms with E-state index in [1.54, 1.807) is 26.0 Å². The quantitative estimate of drug-likeness (QED) is 0.137. The van der Waals surface area contributed by atoms with Gasteiger partial charge in [-0.2, -0.15) is 0 Å². The molecule has 3 aliphatic heterocycles. The minimum absolute atomic E-state index is 0.0165. The van der Waals surface area contributed by atoms with Gasteiger partial charge in [0.05, 0.1) is 19.1 Å². The standard InChI is InChI=1S/C82H134N12O13/c1-17-25-61-72(98)84-70(51(5)18-2)78(104)93(58-36-37-58)47-68(97)89(14)62-28-21-20-24-39-92(77(62)103)65(42-54-31-29-50(4)30-32-54)76(102)87(12)46-66(95)83-60(38-33-55-40-52(6)69(53(7)41-55)56-34-35-56)74(100)94-45-59(107-19-3)43-63(94)73(99)85-82(48-81(8,9)49-82)80(106)91(16)71(57-26-22-23-27-57)79(105)90(15)64(75(101)86(10)11)44-67(96)88(61)13/h20-21,50-65,69-71H,17-19,22-49H2,1-16H3,(H,83,95)(H,84,98)(H,85,99)/b21-20-/t50?,51-,52?,53?,54?,55?,59+,60-,61-,62-,63-,64-,65-,69?,70-,71-/m0/s1. The Balaban J connectivity index is 1.11. The van der Waals surface area contributed by atoms with Crippen molar-refractivity contribution in [3.8, 4) is 0 Å². The molecule has 3 heterocycles. The molecule has 1 spiro atoms. The molecule has 2 unspecified atom stereocenters. The summed E-state index contributed by atoms with van der Waals surface area (Å²) in [7, 11) is 10.6. The van der Waals surface area contributed by atoms with E-state index in [0.717, 1.165) is 57.3 Å². The van der Waals surface area contributed by atoms with Gasteiger partial charge in [0.2, 0.25) is 70.9 Å². The smallest absolute Gasteiger partial charge is 0.248 e. The van der Waals surface area contributed by atoms with Crippen molar-refractivity contribution in [1.29, 1.82) is 0 Å². The maximum absolute atomic E-state index is 15.9. The van der Waals surface area contributed by atoms with Gasteiger partial charge in [-0.3, -0.25) is 57.5 Å². The number of hydrogen-bond donors (Lipinski definition) is 3. The monoisotopic (exact) mass is 1500 g/mol. The van der Waals surface area contributed by atoms with Crippen LogP contribution in [0.3, 0.4) is 0 Å². The lowest BCUT2D eigenvalue weighted by atomic mass is 9.58. The average Bonchev–Trinajstić information content (AvgIpc) is 1.72. The van der Waals surface area contributed by atoms with Gasteiger partial charge in [-0.15, -0.1) is 0 Å². The van der Waals surface area contributed by atoms with Crippen molar-refractivity contribution >= 4 is 70.9 Å². The molecule has 107 heavy (non-hydrogen) atoms. The van der Waals surface area contributed by atoms with Crippen LogP contribution in [0.5, 0.6) is 0 Å². The van der Waals surface area contributed by atoms with Gasteiger partial charge < -0.3 is 64.8 Å². The van der Waals surface area contributed by atoms with Gasteiger partial charge in [0.15, 0.2) is 0 Å².